The number of carbonyl (C=O) groups is 3. The Labute approximate surface area is 131 Å². The summed E-state index contributed by atoms with van der Waals surface area (Å²) in [6, 6.07) is 2.96. The maximum atomic E-state index is 11.7. The third-order valence-electron chi connectivity index (χ3n) is 2.18. The Hall–Kier alpha value is -1.45. The number of carboxylic acid groups (broad SMARTS) is 1. The molecule has 1 aromatic carbocycles. The van der Waals surface area contributed by atoms with Crippen molar-refractivity contribution in [2.45, 2.75) is 0 Å². The molecule has 0 heterocycles. The topological polar surface area (TPSA) is 122 Å². The minimum Gasteiger partial charge on any atom is -0.478 e. The molecule has 0 bridgehead atoms. The lowest BCUT2D eigenvalue weighted by atomic mass is 10.2. The maximum Gasteiger partial charge on any atom is 0.337 e. The second kappa shape index (κ2) is 7.36. The average Bonchev–Trinajstić information content (AvgIpc) is 2.38. The van der Waals surface area contributed by atoms with Gasteiger partial charge in [0.05, 0.1) is 24.3 Å². The van der Waals surface area contributed by atoms with E-state index in [1.54, 1.807) is 6.07 Å². The molecule has 1 aromatic rings. The first-order chi connectivity index (χ1) is 9.35. The van der Waals surface area contributed by atoms with E-state index in [4.69, 9.17) is 10.8 Å². The van der Waals surface area contributed by atoms with Gasteiger partial charge in [-0.2, -0.15) is 0 Å². The van der Waals surface area contributed by atoms with Crippen molar-refractivity contribution in [1.29, 1.82) is 0 Å². The average molecular weight is 409 g/mol. The monoisotopic (exact) mass is 407 g/mol. The highest BCUT2D eigenvalue weighted by atomic mass is 79.9. The first-order valence-electron chi connectivity index (χ1n) is 5.34. The van der Waals surface area contributed by atoms with E-state index in [-0.39, 0.29) is 24.3 Å². The van der Waals surface area contributed by atoms with Crippen molar-refractivity contribution < 1.29 is 19.5 Å². The highest BCUT2D eigenvalue weighted by Gasteiger charge is 2.17. The van der Waals surface area contributed by atoms with Crippen molar-refractivity contribution >= 4 is 55.3 Å². The van der Waals surface area contributed by atoms with Gasteiger partial charge in [0.15, 0.2) is 0 Å². The number of nitrogens with one attached hydrogen (secondary N) is 2. The van der Waals surface area contributed by atoms with Crippen LogP contribution >= 0.6 is 31.9 Å². The van der Waals surface area contributed by atoms with Gasteiger partial charge >= 0.3 is 5.97 Å². The van der Waals surface area contributed by atoms with Gasteiger partial charge in [0.25, 0.3) is 0 Å². The summed E-state index contributed by atoms with van der Waals surface area (Å²) in [4.78, 5) is 33.7. The van der Waals surface area contributed by atoms with Gasteiger partial charge in [-0.15, -0.1) is 0 Å². The van der Waals surface area contributed by atoms with E-state index in [0.717, 1.165) is 0 Å². The zero-order valence-electron chi connectivity index (χ0n) is 10.1. The highest BCUT2D eigenvalue weighted by molar-refractivity contribution is 9.11. The maximum absolute atomic E-state index is 11.7. The van der Waals surface area contributed by atoms with E-state index in [9.17, 15) is 14.4 Å². The molecule has 9 heteroatoms. The van der Waals surface area contributed by atoms with E-state index in [2.05, 4.69) is 42.5 Å². The number of amides is 2. The zero-order valence-corrected chi connectivity index (χ0v) is 13.2. The SMILES string of the molecule is NCC(=O)NCC(=O)Nc1c(Br)cc(Br)cc1C(=O)O. The predicted octanol–water partition coefficient (Wildman–Crippen LogP) is 0.923. The third-order valence-corrected chi connectivity index (χ3v) is 3.26. The van der Waals surface area contributed by atoms with Crippen molar-refractivity contribution in [1.82, 2.24) is 5.32 Å². The molecular formula is C11H11Br2N3O4. The zero-order chi connectivity index (χ0) is 15.3. The Morgan fingerprint density at radius 2 is 1.85 bits per heavy atom. The molecule has 2 amide bonds. The van der Waals surface area contributed by atoms with Crippen LogP contribution in [0.1, 0.15) is 10.4 Å². The molecule has 1 rings (SSSR count). The lowest BCUT2D eigenvalue weighted by Crippen LogP contribution is -2.36. The Bertz CT molecular complexity index is 563. The summed E-state index contributed by atoms with van der Waals surface area (Å²) < 4.78 is 0.957. The van der Waals surface area contributed by atoms with Crippen LogP contribution in [0.3, 0.4) is 0 Å². The van der Waals surface area contributed by atoms with Crippen LogP contribution in [0.25, 0.3) is 0 Å². The minimum absolute atomic E-state index is 0.0789. The standard InChI is InChI=1S/C11H11Br2N3O4/c12-5-1-6(11(19)20)10(7(13)2-5)16-9(18)4-15-8(17)3-14/h1-2H,3-4,14H2,(H,15,17)(H,16,18)(H,19,20). The molecule has 108 valence electrons. The molecule has 0 aromatic heterocycles. The fraction of sp³-hybridized carbons (Fsp3) is 0.182. The van der Waals surface area contributed by atoms with Gasteiger partial charge in [-0.1, -0.05) is 15.9 Å². The van der Waals surface area contributed by atoms with Crippen molar-refractivity contribution in [2.24, 2.45) is 5.73 Å². The van der Waals surface area contributed by atoms with Crippen LogP contribution in [0.15, 0.2) is 21.1 Å². The van der Waals surface area contributed by atoms with Crippen molar-refractivity contribution in [2.75, 3.05) is 18.4 Å². The van der Waals surface area contributed by atoms with Gasteiger partial charge in [-0.3, -0.25) is 9.59 Å². The largest absolute Gasteiger partial charge is 0.478 e. The fourth-order valence-corrected chi connectivity index (χ4v) is 2.63. The summed E-state index contributed by atoms with van der Waals surface area (Å²) >= 11 is 6.34. The minimum atomic E-state index is -1.19. The molecule has 0 aliphatic rings. The molecule has 0 aliphatic heterocycles. The van der Waals surface area contributed by atoms with Gasteiger partial charge in [-0.25, -0.2) is 4.79 Å². The number of halogens is 2. The summed E-state index contributed by atoms with van der Waals surface area (Å²) in [5.74, 6) is -2.22. The smallest absolute Gasteiger partial charge is 0.337 e. The van der Waals surface area contributed by atoms with Gasteiger partial charge in [0, 0.05) is 8.95 Å². The van der Waals surface area contributed by atoms with Crippen LogP contribution in [0.4, 0.5) is 5.69 Å². The molecule has 0 fully saturated rings. The Kier molecular flexibility index (Phi) is 6.11. The summed E-state index contributed by atoms with van der Waals surface area (Å²) in [6.45, 7) is -0.521. The summed E-state index contributed by atoms with van der Waals surface area (Å²) in [7, 11) is 0. The van der Waals surface area contributed by atoms with E-state index in [1.165, 1.54) is 6.07 Å². The molecule has 0 saturated carbocycles. The fourth-order valence-electron chi connectivity index (χ4n) is 1.30. The molecule has 20 heavy (non-hydrogen) atoms. The molecule has 0 unspecified atom stereocenters. The number of rotatable bonds is 5. The summed E-state index contributed by atoms with van der Waals surface area (Å²) in [6.07, 6.45) is 0. The highest BCUT2D eigenvalue weighted by Crippen LogP contribution is 2.30. The van der Waals surface area contributed by atoms with Crippen LogP contribution < -0.4 is 16.4 Å². The molecular weight excluding hydrogens is 398 g/mol. The molecule has 0 aliphatic carbocycles. The normalized spacial score (nSPS) is 9.95. The molecule has 0 saturated heterocycles. The summed E-state index contributed by atoms with van der Waals surface area (Å²) in [5, 5.41) is 13.8. The molecule has 0 spiro atoms. The predicted molar refractivity (Wildman–Crippen MR) is 79.5 cm³/mol. The second-order valence-corrected chi connectivity index (χ2v) is 5.41. The summed E-state index contributed by atoms with van der Waals surface area (Å²) in [5.41, 5.74) is 5.12. The van der Waals surface area contributed by atoms with Crippen LogP contribution in [-0.4, -0.2) is 36.0 Å². The van der Waals surface area contributed by atoms with Crippen molar-refractivity contribution in [3.05, 3.63) is 26.6 Å². The number of nitrogens with two attached hydrogens (primary N) is 1. The van der Waals surface area contributed by atoms with E-state index >= 15 is 0 Å². The second-order valence-electron chi connectivity index (χ2n) is 3.64. The number of anilines is 1. The van der Waals surface area contributed by atoms with Gasteiger partial charge in [0.1, 0.15) is 0 Å². The number of aromatic carboxylic acids is 1. The Balaban J connectivity index is 2.89. The first kappa shape index (κ1) is 16.6. The van der Waals surface area contributed by atoms with Crippen LogP contribution in [0, 0.1) is 0 Å². The molecule has 0 atom stereocenters. The third kappa shape index (κ3) is 4.58. The number of hydrogen-bond donors (Lipinski definition) is 4. The first-order valence-corrected chi connectivity index (χ1v) is 6.92. The van der Waals surface area contributed by atoms with Gasteiger partial charge < -0.3 is 21.5 Å². The molecule has 7 nitrogen and oxygen atoms in total. The number of benzene rings is 1. The van der Waals surface area contributed by atoms with Crippen LogP contribution in [-0.2, 0) is 9.59 Å². The Morgan fingerprint density at radius 3 is 2.40 bits per heavy atom. The van der Waals surface area contributed by atoms with E-state index in [0.29, 0.717) is 8.95 Å². The lowest BCUT2D eigenvalue weighted by molar-refractivity contribution is -0.123. The van der Waals surface area contributed by atoms with Crippen molar-refractivity contribution in [3.63, 3.8) is 0 Å². The van der Waals surface area contributed by atoms with Gasteiger partial charge in [-0.05, 0) is 28.1 Å². The number of carbonyl (C=O) groups excluding carboxylic acids is 2. The molecule has 0 radical (unpaired) electrons. The number of carboxylic acids is 1. The van der Waals surface area contributed by atoms with Crippen molar-refractivity contribution in [3.8, 4) is 0 Å². The van der Waals surface area contributed by atoms with Crippen LogP contribution in [0.2, 0.25) is 0 Å². The molecule has 5 N–H and O–H groups in total. The quantitative estimate of drug-likeness (QED) is 0.577. The number of hydrogen-bond acceptors (Lipinski definition) is 4. The van der Waals surface area contributed by atoms with E-state index < -0.39 is 17.8 Å². The van der Waals surface area contributed by atoms with E-state index in [1.807, 2.05) is 0 Å². The van der Waals surface area contributed by atoms with Crippen LogP contribution in [0.5, 0.6) is 0 Å². The lowest BCUT2D eigenvalue weighted by Gasteiger charge is -2.11. The van der Waals surface area contributed by atoms with Gasteiger partial charge in [0.2, 0.25) is 11.8 Å². The Morgan fingerprint density at radius 1 is 1.20 bits per heavy atom.